The van der Waals surface area contributed by atoms with Crippen molar-refractivity contribution in [2.45, 2.75) is 13.3 Å². The van der Waals surface area contributed by atoms with E-state index in [1.807, 2.05) is 13.0 Å². The Morgan fingerprint density at radius 3 is 2.40 bits per heavy atom. The maximum Gasteiger partial charge on any atom is 0.335 e. The van der Waals surface area contributed by atoms with E-state index in [0.717, 1.165) is 11.1 Å². The van der Waals surface area contributed by atoms with E-state index in [-0.39, 0.29) is 16.8 Å². The molecule has 3 rings (SSSR count). The zero-order valence-electron chi connectivity index (χ0n) is 13.5. The van der Waals surface area contributed by atoms with Crippen LogP contribution >= 0.6 is 0 Å². The Labute approximate surface area is 143 Å². The number of nitrogens with zero attached hydrogens (tertiary/aromatic N) is 1. The van der Waals surface area contributed by atoms with Crippen LogP contribution < -0.4 is 0 Å². The molecule has 0 unspecified atom stereocenters. The molecule has 1 N–H and O–H groups in total. The summed E-state index contributed by atoms with van der Waals surface area (Å²) in [6, 6.07) is 12.1. The van der Waals surface area contributed by atoms with Crippen molar-refractivity contribution < 1.29 is 18.7 Å². The van der Waals surface area contributed by atoms with E-state index in [9.17, 15) is 18.7 Å². The minimum atomic E-state index is -0.989. The van der Waals surface area contributed by atoms with E-state index in [4.69, 9.17) is 0 Å². The van der Waals surface area contributed by atoms with Gasteiger partial charge in [-0.15, -0.1) is 0 Å². The van der Waals surface area contributed by atoms with Gasteiger partial charge in [-0.05, 0) is 48.7 Å². The molecule has 0 fully saturated rings. The molecule has 3 nitrogen and oxygen atoms in total. The van der Waals surface area contributed by atoms with Crippen molar-refractivity contribution in [2.24, 2.45) is 0 Å². The smallest absolute Gasteiger partial charge is 0.335 e. The maximum atomic E-state index is 13.8. The van der Waals surface area contributed by atoms with Gasteiger partial charge in [-0.3, -0.25) is 4.98 Å². The van der Waals surface area contributed by atoms with E-state index in [1.54, 1.807) is 18.2 Å². The van der Waals surface area contributed by atoms with Crippen LogP contribution in [0.4, 0.5) is 8.78 Å². The summed E-state index contributed by atoms with van der Waals surface area (Å²) in [7, 11) is 0. The van der Waals surface area contributed by atoms with Crippen LogP contribution in [0, 0.1) is 18.6 Å². The Balaban J connectivity index is 1.91. The van der Waals surface area contributed by atoms with Gasteiger partial charge in [0.05, 0.1) is 16.8 Å². The van der Waals surface area contributed by atoms with Crippen molar-refractivity contribution >= 4 is 5.97 Å². The molecule has 0 bridgehead atoms. The fourth-order valence-corrected chi connectivity index (χ4v) is 2.68. The zero-order chi connectivity index (χ0) is 18.0. The van der Waals surface area contributed by atoms with Crippen LogP contribution in [-0.2, 0) is 6.42 Å². The number of benzene rings is 2. The van der Waals surface area contributed by atoms with E-state index in [1.165, 1.54) is 30.5 Å². The Morgan fingerprint density at radius 1 is 1.08 bits per heavy atom. The van der Waals surface area contributed by atoms with Crippen molar-refractivity contribution in [2.75, 3.05) is 0 Å². The lowest BCUT2D eigenvalue weighted by Crippen LogP contribution is -2.04. The predicted molar refractivity (Wildman–Crippen MR) is 90.5 cm³/mol. The molecule has 0 saturated heterocycles. The van der Waals surface area contributed by atoms with E-state index >= 15 is 0 Å². The van der Waals surface area contributed by atoms with Crippen molar-refractivity contribution in [3.63, 3.8) is 0 Å². The number of hydrogen-bond acceptors (Lipinski definition) is 2. The third kappa shape index (κ3) is 3.55. The van der Waals surface area contributed by atoms with Crippen molar-refractivity contribution in [3.8, 4) is 11.3 Å². The van der Waals surface area contributed by atoms with E-state index in [0.29, 0.717) is 12.0 Å². The van der Waals surface area contributed by atoms with Crippen LogP contribution in [0.3, 0.4) is 0 Å². The van der Waals surface area contributed by atoms with Crippen molar-refractivity contribution in [3.05, 3.63) is 88.6 Å². The predicted octanol–water partition coefficient (Wildman–Crippen LogP) is 4.62. The van der Waals surface area contributed by atoms with E-state index in [2.05, 4.69) is 4.98 Å². The van der Waals surface area contributed by atoms with Crippen LogP contribution in [0.5, 0.6) is 0 Å². The van der Waals surface area contributed by atoms with Gasteiger partial charge in [0, 0.05) is 6.20 Å². The van der Waals surface area contributed by atoms with Crippen molar-refractivity contribution in [1.29, 1.82) is 0 Å². The normalized spacial score (nSPS) is 10.7. The second kappa shape index (κ2) is 6.81. The summed E-state index contributed by atoms with van der Waals surface area (Å²) < 4.78 is 27.6. The van der Waals surface area contributed by atoms with E-state index < -0.39 is 17.6 Å². The van der Waals surface area contributed by atoms with Gasteiger partial charge in [0.2, 0.25) is 0 Å². The maximum absolute atomic E-state index is 13.8. The number of aryl methyl sites for hydroxylation is 1. The fourth-order valence-electron chi connectivity index (χ4n) is 2.68. The highest BCUT2D eigenvalue weighted by atomic mass is 19.1. The Kier molecular flexibility index (Phi) is 4.57. The molecule has 0 aliphatic carbocycles. The summed E-state index contributed by atoms with van der Waals surface area (Å²) in [5, 5.41) is 9.32. The van der Waals surface area contributed by atoms with Gasteiger partial charge >= 0.3 is 5.97 Å². The van der Waals surface area contributed by atoms with Gasteiger partial charge in [-0.2, -0.15) is 0 Å². The number of halogens is 2. The number of rotatable bonds is 4. The topological polar surface area (TPSA) is 50.2 Å². The first-order valence-electron chi connectivity index (χ1n) is 7.68. The average Bonchev–Trinajstić information content (AvgIpc) is 2.57. The number of carboxylic acid groups (broad SMARTS) is 1. The number of aromatic nitrogens is 1. The molecule has 3 aromatic rings. The van der Waals surface area contributed by atoms with Crippen LogP contribution in [0.1, 0.15) is 27.0 Å². The Morgan fingerprint density at radius 2 is 1.80 bits per heavy atom. The third-order valence-electron chi connectivity index (χ3n) is 3.93. The van der Waals surface area contributed by atoms with Gasteiger partial charge in [0.15, 0.2) is 0 Å². The Bertz CT molecular complexity index is 917. The lowest BCUT2D eigenvalue weighted by Gasteiger charge is -2.09. The quantitative estimate of drug-likeness (QED) is 0.754. The molecule has 0 aliphatic rings. The van der Waals surface area contributed by atoms with Crippen LogP contribution in [-0.4, -0.2) is 16.1 Å². The summed E-state index contributed by atoms with van der Waals surface area (Å²) in [6.45, 7) is 1.83. The first-order valence-corrected chi connectivity index (χ1v) is 7.68. The zero-order valence-corrected chi connectivity index (χ0v) is 13.5. The van der Waals surface area contributed by atoms with Crippen LogP contribution in [0.2, 0.25) is 0 Å². The van der Waals surface area contributed by atoms with Gasteiger partial charge in [0.25, 0.3) is 0 Å². The summed E-state index contributed by atoms with van der Waals surface area (Å²) in [5.41, 5.74) is 2.54. The molecule has 0 atom stereocenters. The average molecular weight is 339 g/mol. The molecule has 1 heterocycles. The minimum absolute atomic E-state index is 0.171. The van der Waals surface area contributed by atoms with Gasteiger partial charge in [-0.1, -0.05) is 29.8 Å². The molecule has 1 aromatic heterocycles. The standard InChI is InChI=1S/C20H15F2NO2/c1-12-5-7-14(15(9-12)20(24)25)10-13-6-8-18(23-11-13)19-16(21)3-2-4-17(19)22/h2-9,11H,10H2,1H3,(H,24,25). The number of hydrogen-bond donors (Lipinski definition) is 1. The van der Waals surface area contributed by atoms with Gasteiger partial charge in [0.1, 0.15) is 11.6 Å². The fraction of sp³-hybridized carbons (Fsp3) is 0.100. The highest BCUT2D eigenvalue weighted by Gasteiger charge is 2.13. The number of aromatic carboxylic acids is 1. The lowest BCUT2D eigenvalue weighted by atomic mass is 9.98. The second-order valence-electron chi connectivity index (χ2n) is 5.79. The van der Waals surface area contributed by atoms with Crippen molar-refractivity contribution in [1.82, 2.24) is 4.98 Å². The molecule has 5 heteroatoms. The monoisotopic (exact) mass is 339 g/mol. The first-order chi connectivity index (χ1) is 12.0. The number of pyridine rings is 1. The summed E-state index contributed by atoms with van der Waals surface area (Å²) >= 11 is 0. The Hall–Kier alpha value is -3.08. The molecular weight excluding hydrogens is 324 g/mol. The SMILES string of the molecule is Cc1ccc(Cc2ccc(-c3c(F)cccc3F)nc2)c(C(=O)O)c1. The molecule has 0 spiro atoms. The number of carbonyl (C=O) groups is 1. The largest absolute Gasteiger partial charge is 0.478 e. The van der Waals surface area contributed by atoms with Crippen LogP contribution in [0.15, 0.2) is 54.7 Å². The molecule has 0 radical (unpaired) electrons. The van der Waals surface area contributed by atoms with Gasteiger partial charge in [-0.25, -0.2) is 13.6 Å². The summed E-state index contributed by atoms with van der Waals surface area (Å²) in [6.07, 6.45) is 1.88. The lowest BCUT2D eigenvalue weighted by molar-refractivity contribution is 0.0695. The highest BCUT2D eigenvalue weighted by molar-refractivity contribution is 5.89. The van der Waals surface area contributed by atoms with Crippen LogP contribution in [0.25, 0.3) is 11.3 Å². The summed E-state index contributed by atoms with van der Waals surface area (Å²) in [4.78, 5) is 15.5. The molecule has 0 amide bonds. The molecule has 0 aliphatic heterocycles. The highest BCUT2D eigenvalue weighted by Crippen LogP contribution is 2.25. The first kappa shape index (κ1) is 16.8. The minimum Gasteiger partial charge on any atom is -0.478 e. The molecule has 0 saturated carbocycles. The summed E-state index contributed by atoms with van der Waals surface area (Å²) in [5.74, 6) is -2.34. The molecular formula is C20H15F2NO2. The third-order valence-corrected chi connectivity index (χ3v) is 3.93. The van der Waals surface area contributed by atoms with Gasteiger partial charge < -0.3 is 5.11 Å². The number of carboxylic acids is 1. The molecule has 2 aromatic carbocycles. The second-order valence-corrected chi connectivity index (χ2v) is 5.79. The molecule has 126 valence electrons. The molecule has 25 heavy (non-hydrogen) atoms.